The summed E-state index contributed by atoms with van der Waals surface area (Å²) in [7, 11) is 6.26. The highest BCUT2D eigenvalue weighted by Gasteiger charge is 2.48. The number of hydrogen-bond acceptors (Lipinski definition) is 11. The van der Waals surface area contributed by atoms with Gasteiger partial charge in [-0.15, -0.1) is 0 Å². The standard InChI is InChI=1S/C27H24N2O6S.C9H10O2/c1-15-11-16(5-9-22(15)32-2)12-19-25(17-6-8-20-21(13-17)29-36-28-20)26(30)35-27(19,31)18-7-10-23(33-3)24(14-18)34-4;1-7-5-8(6-10)3-4-9(7)11-2/h5-11,13-14,31H,12H2,1-4H3;3-6H,1-2H3. The van der Waals surface area contributed by atoms with Crippen molar-refractivity contribution in [3.63, 3.8) is 0 Å². The van der Waals surface area contributed by atoms with Crippen molar-refractivity contribution in [1.82, 2.24) is 8.75 Å². The molecule has 10 nitrogen and oxygen atoms in total. The molecule has 0 radical (unpaired) electrons. The molecule has 1 aliphatic rings. The van der Waals surface area contributed by atoms with Crippen molar-refractivity contribution in [3.8, 4) is 23.0 Å². The molecular formula is C36H34N2O8S. The fourth-order valence-corrected chi connectivity index (χ4v) is 6.00. The summed E-state index contributed by atoms with van der Waals surface area (Å²) in [6.07, 6.45) is 1.08. The summed E-state index contributed by atoms with van der Waals surface area (Å²) in [4.78, 5) is 23.7. The number of methoxy groups -OCH3 is 4. The van der Waals surface area contributed by atoms with E-state index in [1.165, 1.54) is 14.2 Å². The highest BCUT2D eigenvalue weighted by atomic mass is 32.1. The normalized spacial score (nSPS) is 15.5. The lowest BCUT2D eigenvalue weighted by Crippen LogP contribution is -2.29. The zero-order valence-corrected chi connectivity index (χ0v) is 27.6. The van der Waals surface area contributed by atoms with E-state index < -0.39 is 11.8 Å². The first kappa shape index (κ1) is 33.1. The molecule has 0 saturated carbocycles. The molecule has 1 unspecified atom stereocenters. The number of nitrogens with zero attached hydrogens (tertiary/aromatic N) is 2. The fraction of sp³-hybridized carbons (Fsp3) is 0.222. The van der Waals surface area contributed by atoms with Crippen LogP contribution in [0.3, 0.4) is 0 Å². The largest absolute Gasteiger partial charge is 0.496 e. The van der Waals surface area contributed by atoms with Gasteiger partial charge in [-0.3, -0.25) is 4.79 Å². The van der Waals surface area contributed by atoms with Crippen LogP contribution in [0.1, 0.15) is 38.2 Å². The minimum absolute atomic E-state index is 0.254. The Balaban J connectivity index is 0.000000335. The number of aromatic nitrogens is 2. The van der Waals surface area contributed by atoms with E-state index >= 15 is 0 Å². The van der Waals surface area contributed by atoms with E-state index in [1.54, 1.807) is 68.8 Å². The van der Waals surface area contributed by atoms with Crippen LogP contribution in [0.15, 0.2) is 78.4 Å². The van der Waals surface area contributed by atoms with Gasteiger partial charge in [0.2, 0.25) is 0 Å². The summed E-state index contributed by atoms with van der Waals surface area (Å²) in [5.41, 5.74) is 6.53. The third-order valence-corrected chi connectivity index (χ3v) is 8.42. The van der Waals surface area contributed by atoms with Gasteiger partial charge >= 0.3 is 5.97 Å². The van der Waals surface area contributed by atoms with Gasteiger partial charge in [0.25, 0.3) is 5.79 Å². The topological polar surface area (TPSA) is 126 Å². The van der Waals surface area contributed by atoms with Crippen LogP contribution < -0.4 is 18.9 Å². The SMILES string of the molecule is COc1ccc(C=O)cc1C.COc1ccc(CC2=C(c3ccc4nsnc4c3)C(=O)OC2(O)c2ccc(OC)c(OC)c2)cc1C. The number of aliphatic hydroxyl groups is 1. The maximum absolute atomic E-state index is 13.3. The monoisotopic (exact) mass is 654 g/mol. The van der Waals surface area contributed by atoms with Crippen LogP contribution in [-0.2, 0) is 21.7 Å². The lowest BCUT2D eigenvalue weighted by molar-refractivity contribution is -0.185. The molecule has 1 N–H and O–H groups in total. The Kier molecular flexibility index (Phi) is 9.88. The van der Waals surface area contributed by atoms with E-state index in [-0.39, 0.29) is 12.0 Å². The van der Waals surface area contributed by atoms with Gasteiger partial charge in [0, 0.05) is 23.1 Å². The molecule has 5 aromatic rings. The fourth-order valence-electron chi connectivity index (χ4n) is 5.49. The summed E-state index contributed by atoms with van der Waals surface area (Å²) >= 11 is 1.10. The number of aryl methyl sites for hydroxylation is 2. The lowest BCUT2D eigenvalue weighted by Gasteiger charge is -2.26. The van der Waals surface area contributed by atoms with Gasteiger partial charge in [-0.1, -0.05) is 18.2 Å². The third kappa shape index (κ3) is 6.67. The smallest absolute Gasteiger partial charge is 0.342 e. The Labute approximate surface area is 276 Å². The van der Waals surface area contributed by atoms with Crippen LogP contribution in [0, 0.1) is 13.8 Å². The van der Waals surface area contributed by atoms with Crippen molar-refractivity contribution in [2.24, 2.45) is 0 Å². The van der Waals surface area contributed by atoms with Crippen molar-refractivity contribution < 1.29 is 38.4 Å². The van der Waals surface area contributed by atoms with Gasteiger partial charge in [-0.2, -0.15) is 8.75 Å². The van der Waals surface area contributed by atoms with E-state index in [9.17, 15) is 14.7 Å². The molecule has 47 heavy (non-hydrogen) atoms. The highest BCUT2D eigenvalue weighted by molar-refractivity contribution is 7.00. The molecule has 2 heterocycles. The van der Waals surface area contributed by atoms with Crippen LogP contribution in [0.25, 0.3) is 16.6 Å². The number of benzene rings is 4. The predicted octanol–water partition coefficient (Wildman–Crippen LogP) is 6.24. The molecule has 242 valence electrons. The first-order valence-corrected chi connectivity index (χ1v) is 15.3. The number of carbonyl (C=O) groups is 2. The van der Waals surface area contributed by atoms with E-state index in [4.69, 9.17) is 23.7 Å². The van der Waals surface area contributed by atoms with Crippen LogP contribution in [0.4, 0.5) is 0 Å². The molecule has 0 amide bonds. The van der Waals surface area contributed by atoms with Crippen LogP contribution in [-0.4, -0.2) is 54.5 Å². The number of rotatable bonds is 9. The molecule has 1 aromatic heterocycles. The Bertz CT molecular complexity index is 1990. The van der Waals surface area contributed by atoms with Crippen molar-refractivity contribution in [2.75, 3.05) is 28.4 Å². The molecular weight excluding hydrogens is 620 g/mol. The van der Waals surface area contributed by atoms with E-state index in [1.807, 2.05) is 32.0 Å². The van der Waals surface area contributed by atoms with Crippen LogP contribution in [0.5, 0.6) is 23.0 Å². The Hall–Kier alpha value is -5.26. The summed E-state index contributed by atoms with van der Waals surface area (Å²) in [6.45, 7) is 3.85. The van der Waals surface area contributed by atoms with Crippen molar-refractivity contribution >= 4 is 40.6 Å². The Morgan fingerprint density at radius 1 is 0.766 bits per heavy atom. The average Bonchev–Trinajstić information content (AvgIpc) is 3.65. The summed E-state index contributed by atoms with van der Waals surface area (Å²) in [5, 5.41) is 12.0. The highest BCUT2D eigenvalue weighted by Crippen LogP contribution is 2.46. The molecule has 1 atom stereocenters. The second-order valence-corrected chi connectivity index (χ2v) is 11.3. The Morgan fingerprint density at radius 3 is 2.04 bits per heavy atom. The van der Waals surface area contributed by atoms with Crippen molar-refractivity contribution in [1.29, 1.82) is 0 Å². The number of esters is 1. The molecule has 4 aromatic carbocycles. The minimum Gasteiger partial charge on any atom is -0.496 e. The number of hydrogen-bond donors (Lipinski definition) is 1. The van der Waals surface area contributed by atoms with E-state index in [0.29, 0.717) is 39.3 Å². The first-order chi connectivity index (χ1) is 22.6. The van der Waals surface area contributed by atoms with E-state index in [2.05, 4.69) is 8.75 Å². The van der Waals surface area contributed by atoms with Gasteiger partial charge in [0.1, 0.15) is 28.8 Å². The van der Waals surface area contributed by atoms with Crippen molar-refractivity contribution in [2.45, 2.75) is 26.1 Å². The number of cyclic esters (lactones) is 1. The van der Waals surface area contributed by atoms with Gasteiger partial charge < -0.3 is 28.8 Å². The maximum Gasteiger partial charge on any atom is 0.342 e. The average molecular weight is 655 g/mol. The number of carbonyl (C=O) groups excluding carboxylic acids is 2. The summed E-state index contributed by atoms with van der Waals surface area (Å²) in [6, 6.07) is 21.4. The molecule has 0 bridgehead atoms. The zero-order valence-electron chi connectivity index (χ0n) is 26.8. The predicted molar refractivity (Wildman–Crippen MR) is 178 cm³/mol. The van der Waals surface area contributed by atoms with Crippen LogP contribution in [0.2, 0.25) is 0 Å². The lowest BCUT2D eigenvalue weighted by atomic mass is 9.87. The molecule has 0 spiro atoms. The van der Waals surface area contributed by atoms with Gasteiger partial charge in [0.05, 0.1) is 45.7 Å². The molecule has 1 aliphatic heterocycles. The third-order valence-electron chi connectivity index (χ3n) is 7.87. The summed E-state index contributed by atoms with van der Waals surface area (Å²) in [5.74, 6) is -0.182. The quantitative estimate of drug-likeness (QED) is 0.144. The molecule has 0 fully saturated rings. The second kappa shape index (κ2) is 14.0. The summed E-state index contributed by atoms with van der Waals surface area (Å²) < 4.78 is 35.4. The molecule has 11 heteroatoms. The number of fused-ring (bicyclic) bond motifs is 1. The number of aldehydes is 1. The minimum atomic E-state index is -2.02. The Morgan fingerprint density at radius 2 is 1.40 bits per heavy atom. The van der Waals surface area contributed by atoms with Gasteiger partial charge in [0.15, 0.2) is 11.5 Å². The second-order valence-electron chi connectivity index (χ2n) is 10.8. The molecule has 0 saturated heterocycles. The molecule has 0 aliphatic carbocycles. The van der Waals surface area contributed by atoms with Gasteiger partial charge in [-0.25, -0.2) is 4.79 Å². The van der Waals surface area contributed by atoms with Crippen LogP contribution >= 0.6 is 11.7 Å². The number of ether oxygens (including phenoxy) is 5. The first-order valence-electron chi connectivity index (χ1n) is 14.5. The van der Waals surface area contributed by atoms with E-state index in [0.717, 1.165) is 51.7 Å². The molecule has 6 rings (SSSR count). The zero-order chi connectivity index (χ0) is 33.7. The van der Waals surface area contributed by atoms with Gasteiger partial charge in [-0.05, 0) is 90.7 Å². The van der Waals surface area contributed by atoms with Crippen molar-refractivity contribution in [3.05, 3.63) is 112 Å². The maximum atomic E-state index is 13.3.